The minimum Gasteiger partial charge on any atom is -0.477 e. The van der Waals surface area contributed by atoms with Crippen molar-refractivity contribution in [2.75, 3.05) is 33.2 Å². The topological polar surface area (TPSA) is 59.6 Å². The second kappa shape index (κ2) is 4.67. The number of aromatic carboxylic acids is 1. The zero-order valence-corrected chi connectivity index (χ0v) is 9.44. The summed E-state index contributed by atoms with van der Waals surface area (Å²) in [7, 11) is 2.12. The Balaban J connectivity index is 1.91. The molecule has 2 rings (SSSR count). The van der Waals surface area contributed by atoms with Gasteiger partial charge in [-0.1, -0.05) is 0 Å². The first-order chi connectivity index (χ1) is 7.65. The molecule has 2 heterocycles. The van der Waals surface area contributed by atoms with Crippen molar-refractivity contribution in [3.8, 4) is 0 Å². The largest absolute Gasteiger partial charge is 0.477 e. The molecule has 2 N–H and O–H groups in total. The van der Waals surface area contributed by atoms with Crippen LogP contribution in [-0.4, -0.2) is 59.1 Å². The number of likely N-dealkylation sites (N-methyl/N-ethyl adjacent to an activating group) is 1. The Morgan fingerprint density at radius 1 is 1.44 bits per heavy atom. The number of hydrogen-bond donors (Lipinski definition) is 2. The van der Waals surface area contributed by atoms with Gasteiger partial charge in [0.25, 0.3) is 0 Å². The number of hydrogen-bond acceptors (Lipinski definition) is 3. The van der Waals surface area contributed by atoms with Crippen LogP contribution in [0.2, 0.25) is 0 Å². The summed E-state index contributed by atoms with van der Waals surface area (Å²) in [6.07, 6.45) is 1.78. The first-order valence-electron chi connectivity index (χ1n) is 5.46. The molecule has 5 heteroatoms. The molecule has 5 nitrogen and oxygen atoms in total. The van der Waals surface area contributed by atoms with Crippen molar-refractivity contribution in [2.24, 2.45) is 0 Å². The highest BCUT2D eigenvalue weighted by Crippen LogP contribution is 2.09. The van der Waals surface area contributed by atoms with E-state index in [0.717, 1.165) is 38.3 Å². The molecule has 0 aliphatic carbocycles. The van der Waals surface area contributed by atoms with Crippen LogP contribution in [0.5, 0.6) is 0 Å². The zero-order valence-electron chi connectivity index (χ0n) is 9.44. The van der Waals surface area contributed by atoms with Gasteiger partial charge in [0.2, 0.25) is 0 Å². The Hall–Kier alpha value is -1.33. The van der Waals surface area contributed by atoms with Crippen LogP contribution in [-0.2, 0) is 6.54 Å². The van der Waals surface area contributed by atoms with Crippen LogP contribution in [0.3, 0.4) is 0 Å². The number of nitrogens with one attached hydrogen (secondary N) is 1. The molecule has 0 aromatic carbocycles. The zero-order chi connectivity index (χ0) is 11.5. The van der Waals surface area contributed by atoms with Crippen molar-refractivity contribution in [2.45, 2.75) is 6.54 Å². The second-order valence-corrected chi connectivity index (χ2v) is 4.31. The monoisotopic (exact) mass is 223 g/mol. The van der Waals surface area contributed by atoms with E-state index >= 15 is 0 Å². The Bertz CT molecular complexity index is 367. The number of carboxylic acids is 1. The third kappa shape index (κ3) is 2.62. The highest BCUT2D eigenvalue weighted by molar-refractivity contribution is 5.85. The Morgan fingerprint density at radius 3 is 2.69 bits per heavy atom. The lowest BCUT2D eigenvalue weighted by atomic mass is 10.2. The molecular formula is C11H17N3O2. The summed E-state index contributed by atoms with van der Waals surface area (Å²) in [4.78, 5) is 18.1. The number of carbonyl (C=O) groups is 1. The maximum atomic E-state index is 10.7. The molecule has 1 fully saturated rings. The van der Waals surface area contributed by atoms with E-state index in [9.17, 15) is 4.79 Å². The Morgan fingerprint density at radius 2 is 2.12 bits per heavy atom. The van der Waals surface area contributed by atoms with E-state index in [-0.39, 0.29) is 5.69 Å². The smallest absolute Gasteiger partial charge is 0.352 e. The molecule has 0 unspecified atom stereocenters. The third-order valence-corrected chi connectivity index (χ3v) is 2.98. The van der Waals surface area contributed by atoms with Crippen molar-refractivity contribution in [1.82, 2.24) is 14.8 Å². The van der Waals surface area contributed by atoms with Crippen LogP contribution >= 0.6 is 0 Å². The van der Waals surface area contributed by atoms with Gasteiger partial charge in [0.15, 0.2) is 0 Å². The summed E-state index contributed by atoms with van der Waals surface area (Å²) in [6, 6.07) is 1.71. The maximum absolute atomic E-state index is 10.7. The fourth-order valence-corrected chi connectivity index (χ4v) is 1.92. The molecule has 16 heavy (non-hydrogen) atoms. The first kappa shape index (κ1) is 11.2. The molecule has 1 aliphatic heterocycles. The standard InChI is InChI=1S/C11H17N3O2/c1-13-2-4-14(5-3-13)8-9-6-10(11(15)16)12-7-9/h6-7,12H,2-5,8H2,1H3,(H,15,16). The summed E-state index contributed by atoms with van der Waals surface area (Å²) in [6.45, 7) is 5.08. The van der Waals surface area contributed by atoms with Gasteiger partial charge in [-0.2, -0.15) is 0 Å². The predicted molar refractivity (Wildman–Crippen MR) is 60.5 cm³/mol. The summed E-state index contributed by atoms with van der Waals surface area (Å²) >= 11 is 0. The highest BCUT2D eigenvalue weighted by Gasteiger charge is 2.15. The van der Waals surface area contributed by atoms with Gasteiger partial charge in [0.05, 0.1) is 0 Å². The van der Waals surface area contributed by atoms with Crippen molar-refractivity contribution >= 4 is 5.97 Å². The van der Waals surface area contributed by atoms with Gasteiger partial charge in [-0.3, -0.25) is 4.90 Å². The Kier molecular flexibility index (Phi) is 3.26. The molecule has 0 amide bonds. The van der Waals surface area contributed by atoms with Gasteiger partial charge in [0.1, 0.15) is 5.69 Å². The van der Waals surface area contributed by atoms with E-state index in [1.807, 2.05) is 0 Å². The SMILES string of the molecule is CN1CCN(Cc2c[nH]c(C(=O)O)c2)CC1. The van der Waals surface area contributed by atoms with E-state index in [1.165, 1.54) is 0 Å². The molecular weight excluding hydrogens is 206 g/mol. The molecule has 88 valence electrons. The van der Waals surface area contributed by atoms with Crippen molar-refractivity contribution in [3.63, 3.8) is 0 Å². The van der Waals surface area contributed by atoms with E-state index in [0.29, 0.717) is 0 Å². The summed E-state index contributed by atoms with van der Waals surface area (Å²) in [5.74, 6) is -0.898. The lowest BCUT2D eigenvalue weighted by Crippen LogP contribution is -2.43. The van der Waals surface area contributed by atoms with E-state index in [1.54, 1.807) is 12.3 Å². The van der Waals surface area contributed by atoms with Gasteiger partial charge in [0, 0.05) is 38.9 Å². The van der Waals surface area contributed by atoms with Crippen molar-refractivity contribution < 1.29 is 9.90 Å². The number of piperazine rings is 1. The first-order valence-corrected chi connectivity index (χ1v) is 5.46. The van der Waals surface area contributed by atoms with E-state index < -0.39 is 5.97 Å². The van der Waals surface area contributed by atoms with Crippen LogP contribution in [0.1, 0.15) is 16.1 Å². The highest BCUT2D eigenvalue weighted by atomic mass is 16.4. The average molecular weight is 223 g/mol. The fraction of sp³-hybridized carbons (Fsp3) is 0.545. The maximum Gasteiger partial charge on any atom is 0.352 e. The summed E-state index contributed by atoms with van der Waals surface area (Å²) < 4.78 is 0. The number of H-pyrrole nitrogens is 1. The minimum absolute atomic E-state index is 0.268. The molecule has 0 saturated carbocycles. The number of rotatable bonds is 3. The molecule has 0 atom stereocenters. The second-order valence-electron chi connectivity index (χ2n) is 4.31. The number of carboxylic acid groups (broad SMARTS) is 1. The summed E-state index contributed by atoms with van der Waals surface area (Å²) in [5, 5.41) is 8.79. The molecule has 1 saturated heterocycles. The van der Waals surface area contributed by atoms with Crippen molar-refractivity contribution in [3.05, 3.63) is 23.5 Å². The Labute approximate surface area is 94.7 Å². The minimum atomic E-state index is -0.898. The van der Waals surface area contributed by atoms with Gasteiger partial charge < -0.3 is 15.0 Å². The molecule has 0 bridgehead atoms. The van der Waals surface area contributed by atoms with Gasteiger partial charge >= 0.3 is 5.97 Å². The van der Waals surface area contributed by atoms with Crippen LogP contribution in [0.25, 0.3) is 0 Å². The third-order valence-electron chi connectivity index (χ3n) is 2.98. The summed E-state index contributed by atoms with van der Waals surface area (Å²) in [5.41, 5.74) is 1.31. The van der Waals surface area contributed by atoms with Crippen molar-refractivity contribution in [1.29, 1.82) is 0 Å². The van der Waals surface area contributed by atoms with Gasteiger partial charge in [-0.05, 0) is 18.7 Å². The fourth-order valence-electron chi connectivity index (χ4n) is 1.92. The molecule has 0 radical (unpaired) electrons. The number of nitrogens with zero attached hydrogens (tertiary/aromatic N) is 2. The number of aromatic amines is 1. The predicted octanol–water partition coefficient (Wildman–Crippen LogP) is 0.460. The lowest BCUT2D eigenvalue weighted by molar-refractivity contribution is 0.0691. The van der Waals surface area contributed by atoms with Crippen LogP contribution in [0.4, 0.5) is 0 Å². The van der Waals surface area contributed by atoms with Gasteiger partial charge in [-0.15, -0.1) is 0 Å². The molecule has 0 spiro atoms. The average Bonchev–Trinajstić information content (AvgIpc) is 2.70. The van der Waals surface area contributed by atoms with Crippen LogP contribution in [0.15, 0.2) is 12.3 Å². The molecule has 1 aromatic heterocycles. The van der Waals surface area contributed by atoms with E-state index in [4.69, 9.17) is 5.11 Å². The quantitative estimate of drug-likeness (QED) is 0.781. The van der Waals surface area contributed by atoms with E-state index in [2.05, 4.69) is 21.8 Å². The van der Waals surface area contributed by atoms with Gasteiger partial charge in [-0.25, -0.2) is 4.79 Å². The lowest BCUT2D eigenvalue weighted by Gasteiger charge is -2.32. The molecule has 1 aromatic rings. The van der Waals surface area contributed by atoms with Crippen LogP contribution in [0, 0.1) is 0 Å². The molecule has 1 aliphatic rings. The normalized spacial score (nSPS) is 18.8. The van der Waals surface area contributed by atoms with Crippen LogP contribution < -0.4 is 0 Å². The number of aromatic nitrogens is 1.